The Balaban J connectivity index is 1.62. The summed E-state index contributed by atoms with van der Waals surface area (Å²) >= 11 is 2.02. The zero-order valence-corrected chi connectivity index (χ0v) is 12.9. The lowest BCUT2D eigenvalue weighted by atomic mass is 9.83. The molecule has 1 aromatic rings. The van der Waals surface area contributed by atoms with E-state index in [9.17, 15) is 0 Å². The van der Waals surface area contributed by atoms with Gasteiger partial charge in [-0.15, -0.1) is 0 Å². The molecule has 110 valence electrons. The molecule has 2 aliphatic rings. The molecule has 2 fully saturated rings. The maximum atomic E-state index is 5.79. The molecule has 0 bridgehead atoms. The summed E-state index contributed by atoms with van der Waals surface area (Å²) in [4.78, 5) is 8.75. The molecule has 1 aliphatic heterocycles. The Bertz CT molecular complexity index is 444. The Morgan fingerprint density at radius 2 is 2.15 bits per heavy atom. The molecule has 20 heavy (non-hydrogen) atoms. The molecule has 0 atom stereocenters. The van der Waals surface area contributed by atoms with Gasteiger partial charge >= 0.3 is 0 Å². The van der Waals surface area contributed by atoms with Gasteiger partial charge in [-0.2, -0.15) is 11.8 Å². The normalized spacial score (nSPS) is 22.2. The van der Waals surface area contributed by atoms with E-state index in [1.165, 1.54) is 36.5 Å². The van der Waals surface area contributed by atoms with E-state index >= 15 is 0 Å². The van der Waals surface area contributed by atoms with Gasteiger partial charge in [-0.3, -0.25) is 0 Å². The summed E-state index contributed by atoms with van der Waals surface area (Å²) in [5.41, 5.74) is 1.17. The molecule has 1 saturated heterocycles. The first kappa shape index (κ1) is 14.1. The van der Waals surface area contributed by atoms with Crippen molar-refractivity contribution in [1.29, 1.82) is 0 Å². The summed E-state index contributed by atoms with van der Waals surface area (Å²) in [6.07, 6.45) is 7.79. The summed E-state index contributed by atoms with van der Waals surface area (Å²) < 4.78 is 5.79. The van der Waals surface area contributed by atoms with Gasteiger partial charge in [-0.25, -0.2) is 9.97 Å². The number of nitrogens with zero attached hydrogens (tertiary/aromatic N) is 2. The van der Waals surface area contributed by atoms with Crippen molar-refractivity contribution in [3.05, 3.63) is 18.1 Å². The van der Waals surface area contributed by atoms with Crippen LogP contribution in [0.25, 0.3) is 0 Å². The first-order valence-corrected chi connectivity index (χ1v) is 8.65. The largest absolute Gasteiger partial charge is 0.376 e. The number of nitrogens with one attached hydrogen (secondary N) is 1. The molecule has 5 heteroatoms. The lowest BCUT2D eigenvalue weighted by Gasteiger charge is -2.36. The van der Waals surface area contributed by atoms with Crippen LogP contribution in [-0.4, -0.2) is 40.7 Å². The van der Waals surface area contributed by atoms with Crippen molar-refractivity contribution in [3.63, 3.8) is 0 Å². The number of hydrogen-bond donors (Lipinski definition) is 1. The predicted molar refractivity (Wildman–Crippen MR) is 83.4 cm³/mol. The van der Waals surface area contributed by atoms with Gasteiger partial charge in [0.05, 0.1) is 5.60 Å². The van der Waals surface area contributed by atoms with Crippen molar-refractivity contribution in [2.24, 2.45) is 0 Å². The SMILES string of the molecule is COC1(CNc2cc(C3CCC3)ncn2)CCSCC1. The number of anilines is 1. The Labute approximate surface area is 125 Å². The summed E-state index contributed by atoms with van der Waals surface area (Å²) in [5, 5.41) is 3.46. The second-order valence-corrected chi connectivity index (χ2v) is 7.03. The number of thioether (sulfide) groups is 1. The topological polar surface area (TPSA) is 47.0 Å². The fourth-order valence-corrected chi connectivity index (χ4v) is 4.08. The van der Waals surface area contributed by atoms with Gasteiger partial charge in [0.15, 0.2) is 0 Å². The average molecular weight is 293 g/mol. The molecular formula is C15H23N3OS. The molecule has 0 spiro atoms. The van der Waals surface area contributed by atoms with E-state index in [0.717, 1.165) is 25.2 Å². The van der Waals surface area contributed by atoms with E-state index in [1.54, 1.807) is 6.33 Å². The number of rotatable bonds is 5. The molecular weight excluding hydrogens is 270 g/mol. The highest BCUT2D eigenvalue weighted by Gasteiger charge is 2.32. The van der Waals surface area contributed by atoms with E-state index < -0.39 is 0 Å². The third kappa shape index (κ3) is 3.09. The molecule has 3 rings (SSSR count). The molecule has 0 aromatic carbocycles. The quantitative estimate of drug-likeness (QED) is 0.904. The second kappa shape index (κ2) is 6.31. The van der Waals surface area contributed by atoms with Gasteiger partial charge in [0.2, 0.25) is 0 Å². The minimum atomic E-state index is -0.0210. The van der Waals surface area contributed by atoms with Crippen molar-refractivity contribution in [3.8, 4) is 0 Å². The van der Waals surface area contributed by atoms with Crippen LogP contribution in [-0.2, 0) is 4.74 Å². The van der Waals surface area contributed by atoms with Gasteiger partial charge in [0, 0.05) is 31.3 Å². The van der Waals surface area contributed by atoms with Crippen LogP contribution in [0.4, 0.5) is 5.82 Å². The summed E-state index contributed by atoms with van der Waals surface area (Å²) in [7, 11) is 1.83. The van der Waals surface area contributed by atoms with E-state index in [2.05, 4.69) is 21.4 Å². The second-order valence-electron chi connectivity index (χ2n) is 5.81. The van der Waals surface area contributed by atoms with E-state index in [4.69, 9.17) is 4.74 Å². The smallest absolute Gasteiger partial charge is 0.129 e. The van der Waals surface area contributed by atoms with Gasteiger partial charge < -0.3 is 10.1 Å². The molecule has 0 amide bonds. The Kier molecular flexibility index (Phi) is 4.46. The van der Waals surface area contributed by atoms with Crippen LogP contribution in [0, 0.1) is 0 Å². The van der Waals surface area contributed by atoms with Crippen LogP contribution in [0.5, 0.6) is 0 Å². The van der Waals surface area contributed by atoms with Crippen LogP contribution in [0.15, 0.2) is 12.4 Å². The van der Waals surface area contributed by atoms with Crippen LogP contribution >= 0.6 is 11.8 Å². The van der Waals surface area contributed by atoms with Crippen molar-refractivity contribution < 1.29 is 4.74 Å². The predicted octanol–water partition coefficient (Wildman–Crippen LogP) is 3.07. The van der Waals surface area contributed by atoms with Gasteiger partial charge in [-0.05, 0) is 37.2 Å². The lowest BCUT2D eigenvalue weighted by molar-refractivity contribution is -0.00554. The number of hydrogen-bond acceptors (Lipinski definition) is 5. The van der Waals surface area contributed by atoms with Crippen molar-refractivity contribution in [2.45, 2.75) is 43.6 Å². The number of aromatic nitrogens is 2. The maximum absolute atomic E-state index is 5.79. The molecule has 0 unspecified atom stereocenters. The van der Waals surface area contributed by atoms with Gasteiger partial charge in [0.25, 0.3) is 0 Å². The fourth-order valence-electron chi connectivity index (χ4n) is 2.84. The Morgan fingerprint density at radius 3 is 2.80 bits per heavy atom. The minimum absolute atomic E-state index is 0.0210. The Morgan fingerprint density at radius 1 is 1.35 bits per heavy atom. The third-order valence-corrected chi connectivity index (χ3v) is 5.63. The highest BCUT2D eigenvalue weighted by Crippen LogP contribution is 2.35. The monoisotopic (exact) mass is 293 g/mol. The molecule has 1 saturated carbocycles. The first-order valence-electron chi connectivity index (χ1n) is 7.50. The van der Waals surface area contributed by atoms with Gasteiger partial charge in [0.1, 0.15) is 12.1 Å². The maximum Gasteiger partial charge on any atom is 0.129 e. The molecule has 1 aliphatic carbocycles. The summed E-state index contributed by atoms with van der Waals surface area (Å²) in [6, 6.07) is 2.12. The van der Waals surface area contributed by atoms with Gasteiger partial charge in [-0.1, -0.05) is 6.42 Å². The van der Waals surface area contributed by atoms with Crippen molar-refractivity contribution in [2.75, 3.05) is 30.5 Å². The first-order chi connectivity index (χ1) is 9.81. The highest BCUT2D eigenvalue weighted by molar-refractivity contribution is 7.99. The lowest BCUT2D eigenvalue weighted by Crippen LogP contribution is -2.42. The zero-order chi connectivity index (χ0) is 13.8. The van der Waals surface area contributed by atoms with Crippen molar-refractivity contribution >= 4 is 17.6 Å². The molecule has 0 radical (unpaired) electrons. The molecule has 2 heterocycles. The third-order valence-electron chi connectivity index (χ3n) is 4.64. The van der Waals surface area contributed by atoms with Crippen LogP contribution in [0.2, 0.25) is 0 Å². The van der Waals surface area contributed by atoms with Crippen molar-refractivity contribution in [1.82, 2.24) is 9.97 Å². The van der Waals surface area contributed by atoms with Crippen LogP contribution in [0.3, 0.4) is 0 Å². The molecule has 1 N–H and O–H groups in total. The zero-order valence-electron chi connectivity index (χ0n) is 12.1. The summed E-state index contributed by atoms with van der Waals surface area (Å²) in [6.45, 7) is 0.838. The standard InChI is InChI=1S/C15H23N3OS/c1-19-15(5-7-20-8-6-15)10-16-14-9-13(17-11-18-14)12-3-2-4-12/h9,11-12H,2-8,10H2,1H3,(H,16,17,18). The molecule has 4 nitrogen and oxygen atoms in total. The Hall–Kier alpha value is -0.810. The number of ether oxygens (including phenoxy) is 1. The van der Waals surface area contributed by atoms with E-state index in [1.807, 2.05) is 18.9 Å². The van der Waals surface area contributed by atoms with E-state index in [-0.39, 0.29) is 5.60 Å². The summed E-state index contributed by atoms with van der Waals surface area (Å²) in [5.74, 6) is 3.97. The van der Waals surface area contributed by atoms with Crippen LogP contribution in [0.1, 0.15) is 43.7 Å². The average Bonchev–Trinajstić information content (AvgIpc) is 2.45. The highest BCUT2D eigenvalue weighted by atomic mass is 32.2. The minimum Gasteiger partial charge on any atom is -0.376 e. The fraction of sp³-hybridized carbons (Fsp3) is 0.733. The van der Waals surface area contributed by atoms with Crippen LogP contribution < -0.4 is 5.32 Å². The van der Waals surface area contributed by atoms with E-state index in [0.29, 0.717) is 5.92 Å². The molecule has 1 aromatic heterocycles. The number of methoxy groups -OCH3 is 1.